The molecule has 2 N–H and O–H groups in total. The third kappa shape index (κ3) is 3.20. The van der Waals surface area contributed by atoms with Crippen LogP contribution in [0.15, 0.2) is 65.3 Å². The summed E-state index contributed by atoms with van der Waals surface area (Å²) in [6.45, 7) is 1.35. The van der Waals surface area contributed by atoms with Crippen LogP contribution >= 0.6 is 0 Å². The largest absolute Gasteiger partial charge is 0.491 e. The minimum Gasteiger partial charge on any atom is -0.491 e. The van der Waals surface area contributed by atoms with E-state index in [1.165, 1.54) is 6.26 Å². The Labute approximate surface area is 161 Å². The second-order valence-electron chi connectivity index (χ2n) is 6.92. The first-order chi connectivity index (χ1) is 13.5. The van der Waals surface area contributed by atoms with Crippen molar-refractivity contribution in [3.8, 4) is 5.75 Å². The number of furan rings is 1. The van der Waals surface area contributed by atoms with E-state index in [4.69, 9.17) is 9.15 Å². The van der Waals surface area contributed by atoms with E-state index in [1.54, 1.807) is 19.1 Å². The summed E-state index contributed by atoms with van der Waals surface area (Å²) in [5.74, 6) is 0.475. The number of carbonyl (C=O) groups is 2. The predicted octanol–water partition coefficient (Wildman–Crippen LogP) is 2.64. The highest BCUT2D eigenvalue weighted by atomic mass is 16.5. The van der Waals surface area contributed by atoms with Gasteiger partial charge in [0.05, 0.1) is 12.8 Å². The van der Waals surface area contributed by atoms with Gasteiger partial charge in [-0.15, -0.1) is 0 Å². The van der Waals surface area contributed by atoms with Crippen molar-refractivity contribution in [2.24, 2.45) is 0 Å². The van der Waals surface area contributed by atoms with Gasteiger partial charge in [0.1, 0.15) is 24.2 Å². The van der Waals surface area contributed by atoms with Gasteiger partial charge >= 0.3 is 6.03 Å². The number of urea groups is 1. The zero-order valence-corrected chi connectivity index (χ0v) is 15.3. The molecule has 7 heteroatoms. The van der Waals surface area contributed by atoms with Gasteiger partial charge in [-0.25, -0.2) is 4.79 Å². The average molecular weight is 380 g/mol. The minimum absolute atomic E-state index is 0.0487. The molecule has 1 saturated heterocycles. The Bertz CT molecular complexity index is 1020. The average Bonchev–Trinajstić information content (AvgIpc) is 3.31. The summed E-state index contributed by atoms with van der Waals surface area (Å²) in [4.78, 5) is 26.0. The van der Waals surface area contributed by atoms with E-state index in [-0.39, 0.29) is 13.2 Å². The fraction of sp³-hybridized carbons (Fsp3) is 0.238. The van der Waals surface area contributed by atoms with Crippen LogP contribution in [0.3, 0.4) is 0 Å². The number of amides is 3. The van der Waals surface area contributed by atoms with Crippen molar-refractivity contribution >= 4 is 22.7 Å². The Balaban J connectivity index is 1.39. The molecule has 2 aromatic carbocycles. The highest BCUT2D eigenvalue weighted by molar-refractivity contribution is 6.06. The van der Waals surface area contributed by atoms with Crippen LogP contribution in [0, 0.1) is 0 Å². The number of benzene rings is 2. The van der Waals surface area contributed by atoms with Crippen molar-refractivity contribution < 1.29 is 23.8 Å². The molecule has 0 radical (unpaired) electrons. The molecule has 144 valence electrons. The number of hydrogen-bond donors (Lipinski definition) is 2. The predicted molar refractivity (Wildman–Crippen MR) is 102 cm³/mol. The highest BCUT2D eigenvalue weighted by Crippen LogP contribution is 2.29. The Morgan fingerprint density at radius 1 is 1.14 bits per heavy atom. The van der Waals surface area contributed by atoms with Gasteiger partial charge in [0.2, 0.25) is 0 Å². The molecular weight excluding hydrogens is 360 g/mol. The molecule has 7 nitrogen and oxygen atoms in total. The summed E-state index contributed by atoms with van der Waals surface area (Å²) in [6, 6.07) is 16.2. The lowest BCUT2D eigenvalue weighted by Gasteiger charge is -2.21. The fourth-order valence-electron chi connectivity index (χ4n) is 3.31. The Morgan fingerprint density at radius 3 is 2.68 bits per heavy atom. The summed E-state index contributed by atoms with van der Waals surface area (Å²) in [5.41, 5.74) is -1.28. The van der Waals surface area contributed by atoms with Crippen molar-refractivity contribution in [1.82, 2.24) is 10.2 Å². The third-order valence-corrected chi connectivity index (χ3v) is 4.85. The van der Waals surface area contributed by atoms with Crippen LogP contribution in [0.4, 0.5) is 4.79 Å². The normalized spacial score (nSPS) is 20.4. The maximum Gasteiger partial charge on any atom is 0.325 e. The molecule has 1 fully saturated rings. The number of hydrogen-bond acceptors (Lipinski definition) is 5. The number of aliphatic hydroxyl groups excluding tert-OH is 1. The van der Waals surface area contributed by atoms with Gasteiger partial charge in [-0.2, -0.15) is 0 Å². The second-order valence-corrected chi connectivity index (χ2v) is 6.92. The maximum absolute atomic E-state index is 12.7. The molecule has 0 saturated carbocycles. The van der Waals surface area contributed by atoms with Crippen molar-refractivity contribution in [3.63, 3.8) is 0 Å². The number of β-amino-alcohol motifs (C(OH)–C–C–N with tert-alkyl or cyclic N) is 1. The SMILES string of the molecule is CC1(c2ccco2)NC(=O)N(CC(O)COc2ccc3ccccc3c2)C1=O. The lowest BCUT2D eigenvalue weighted by atomic mass is 9.99. The molecule has 0 aliphatic carbocycles. The van der Waals surface area contributed by atoms with Crippen LogP contribution in [0.25, 0.3) is 10.8 Å². The first-order valence-electron chi connectivity index (χ1n) is 8.95. The molecule has 2 atom stereocenters. The zero-order valence-electron chi connectivity index (χ0n) is 15.3. The molecule has 4 rings (SSSR count). The number of fused-ring (bicyclic) bond motifs is 1. The molecule has 1 aromatic heterocycles. The first kappa shape index (κ1) is 18.1. The summed E-state index contributed by atoms with van der Waals surface area (Å²) in [6.07, 6.45) is 0.412. The van der Waals surface area contributed by atoms with Crippen molar-refractivity contribution in [2.45, 2.75) is 18.6 Å². The van der Waals surface area contributed by atoms with Gasteiger partial charge in [0.25, 0.3) is 5.91 Å². The Hall–Kier alpha value is -3.32. The van der Waals surface area contributed by atoms with E-state index in [1.807, 2.05) is 42.5 Å². The van der Waals surface area contributed by atoms with Crippen molar-refractivity contribution in [1.29, 1.82) is 0 Å². The van der Waals surface area contributed by atoms with E-state index in [0.29, 0.717) is 11.5 Å². The van der Waals surface area contributed by atoms with E-state index in [0.717, 1.165) is 15.7 Å². The van der Waals surface area contributed by atoms with Crippen LogP contribution in [-0.4, -0.2) is 41.2 Å². The van der Waals surface area contributed by atoms with Crippen LogP contribution in [0.2, 0.25) is 0 Å². The van der Waals surface area contributed by atoms with Crippen molar-refractivity contribution in [2.75, 3.05) is 13.2 Å². The number of nitrogens with zero attached hydrogens (tertiary/aromatic N) is 1. The topological polar surface area (TPSA) is 92.0 Å². The molecule has 2 heterocycles. The molecule has 0 bridgehead atoms. The summed E-state index contributed by atoms with van der Waals surface area (Å²) in [5, 5.41) is 15.0. The summed E-state index contributed by atoms with van der Waals surface area (Å²) < 4.78 is 10.9. The van der Waals surface area contributed by atoms with Crippen LogP contribution in [0.1, 0.15) is 12.7 Å². The minimum atomic E-state index is -1.28. The first-order valence-corrected chi connectivity index (χ1v) is 8.95. The van der Waals surface area contributed by atoms with Gasteiger partial charge in [-0.3, -0.25) is 9.69 Å². The van der Waals surface area contributed by atoms with Crippen LogP contribution in [-0.2, 0) is 10.3 Å². The molecular formula is C21H20N2O5. The highest BCUT2D eigenvalue weighted by Gasteiger charge is 2.51. The molecule has 1 aliphatic heterocycles. The van der Waals surface area contributed by atoms with E-state index in [9.17, 15) is 14.7 Å². The number of ether oxygens (including phenoxy) is 1. The maximum atomic E-state index is 12.7. The molecule has 3 aromatic rings. The van der Waals surface area contributed by atoms with Crippen LogP contribution < -0.4 is 10.1 Å². The summed E-state index contributed by atoms with van der Waals surface area (Å²) in [7, 11) is 0. The van der Waals surface area contributed by atoms with Crippen LogP contribution in [0.5, 0.6) is 5.75 Å². The molecule has 2 unspecified atom stereocenters. The molecule has 28 heavy (non-hydrogen) atoms. The standard InChI is InChI=1S/C21H20N2O5/c1-21(18-7-4-10-27-18)19(25)23(20(26)22-21)12-16(24)13-28-17-9-8-14-5-2-3-6-15(14)11-17/h2-11,16,24H,12-13H2,1H3,(H,22,26). The second kappa shape index (κ2) is 7.01. The monoisotopic (exact) mass is 380 g/mol. The number of nitrogens with one attached hydrogen (secondary N) is 1. The lowest BCUT2D eigenvalue weighted by Crippen LogP contribution is -2.42. The van der Waals surface area contributed by atoms with Gasteiger partial charge in [-0.05, 0) is 42.0 Å². The smallest absolute Gasteiger partial charge is 0.325 e. The zero-order chi connectivity index (χ0) is 19.7. The molecule has 3 amide bonds. The number of rotatable bonds is 6. The fourth-order valence-corrected chi connectivity index (χ4v) is 3.31. The van der Waals surface area contributed by atoms with Gasteiger partial charge in [0.15, 0.2) is 5.54 Å². The number of carbonyl (C=O) groups excluding carboxylic acids is 2. The van der Waals surface area contributed by atoms with E-state index in [2.05, 4.69) is 5.32 Å². The van der Waals surface area contributed by atoms with Gasteiger partial charge in [0, 0.05) is 0 Å². The van der Waals surface area contributed by atoms with Crippen molar-refractivity contribution in [3.05, 3.63) is 66.6 Å². The Morgan fingerprint density at radius 2 is 1.93 bits per heavy atom. The Kier molecular flexibility index (Phi) is 4.52. The van der Waals surface area contributed by atoms with E-state index < -0.39 is 23.6 Å². The number of aliphatic hydroxyl groups is 1. The quantitative estimate of drug-likeness (QED) is 0.642. The van der Waals surface area contributed by atoms with Gasteiger partial charge < -0.3 is 19.6 Å². The van der Waals surface area contributed by atoms with Gasteiger partial charge in [-0.1, -0.05) is 30.3 Å². The number of imide groups is 1. The lowest BCUT2D eigenvalue weighted by molar-refractivity contribution is -0.132. The third-order valence-electron chi connectivity index (χ3n) is 4.85. The summed E-state index contributed by atoms with van der Waals surface area (Å²) >= 11 is 0. The van der Waals surface area contributed by atoms with E-state index >= 15 is 0 Å². The molecule has 1 aliphatic rings. The molecule has 0 spiro atoms.